The summed E-state index contributed by atoms with van der Waals surface area (Å²) in [5.41, 5.74) is 1.91. The Morgan fingerprint density at radius 3 is 2.79 bits per heavy atom. The smallest absolute Gasteiger partial charge is 0.255 e. The first kappa shape index (κ1) is 22.3. The van der Waals surface area contributed by atoms with Gasteiger partial charge in [0.1, 0.15) is 5.76 Å². The zero-order valence-corrected chi connectivity index (χ0v) is 19.6. The fourth-order valence-corrected chi connectivity index (χ4v) is 4.82. The maximum absolute atomic E-state index is 12.6. The van der Waals surface area contributed by atoms with Crippen molar-refractivity contribution in [1.82, 2.24) is 20.3 Å². The van der Waals surface area contributed by atoms with Gasteiger partial charge >= 0.3 is 0 Å². The average Bonchev–Trinajstić information content (AvgIpc) is 3.49. The quantitative estimate of drug-likeness (QED) is 0.419. The predicted octanol–water partition coefficient (Wildman–Crippen LogP) is 3.03. The number of hydrogen-bond acceptors (Lipinski definition) is 8. The Kier molecular flexibility index (Phi) is 6.41. The molecule has 34 heavy (non-hydrogen) atoms. The number of aromatic amines is 1. The number of rotatable bonds is 7. The number of anilines is 1. The average molecular weight is 480 g/mol. The molecule has 5 rings (SSSR count). The van der Waals surface area contributed by atoms with Crippen LogP contribution in [0.5, 0.6) is 0 Å². The maximum atomic E-state index is 12.6. The van der Waals surface area contributed by atoms with Crippen LogP contribution < -0.4 is 15.8 Å². The van der Waals surface area contributed by atoms with E-state index in [0.717, 1.165) is 15.2 Å². The monoisotopic (exact) mass is 479 g/mol. The minimum atomic E-state index is -0.201. The molecule has 4 aromatic rings. The molecule has 1 amide bonds. The molecule has 10 heteroatoms. The summed E-state index contributed by atoms with van der Waals surface area (Å²) in [5.74, 6) is 1.72. The van der Waals surface area contributed by atoms with Gasteiger partial charge in [0.25, 0.3) is 5.56 Å². The van der Waals surface area contributed by atoms with E-state index in [4.69, 9.17) is 9.15 Å². The fraction of sp³-hybridized carbons (Fsp3) is 0.333. The molecule has 1 fully saturated rings. The number of aryl methyl sites for hydroxylation is 1. The minimum Gasteiger partial charge on any atom is -0.457 e. The summed E-state index contributed by atoms with van der Waals surface area (Å²) in [4.78, 5) is 39.0. The Hall–Kier alpha value is -3.50. The largest absolute Gasteiger partial charge is 0.457 e. The number of hydrogen-bond donors (Lipinski definition) is 2. The van der Waals surface area contributed by atoms with Crippen LogP contribution in [-0.4, -0.2) is 47.2 Å². The number of thiazole rings is 1. The Morgan fingerprint density at radius 2 is 2.00 bits per heavy atom. The number of carbonyl (C=O) groups is 1. The van der Waals surface area contributed by atoms with Crippen LogP contribution in [-0.2, 0) is 22.5 Å². The molecule has 9 nitrogen and oxygen atoms in total. The first-order valence-electron chi connectivity index (χ1n) is 11.2. The number of para-hydroxylation sites is 1. The zero-order valence-electron chi connectivity index (χ0n) is 18.8. The first-order valence-corrected chi connectivity index (χ1v) is 12.0. The number of ether oxygens (including phenoxy) is 1. The summed E-state index contributed by atoms with van der Waals surface area (Å²) < 4.78 is 12.3. The van der Waals surface area contributed by atoms with Gasteiger partial charge in [0.05, 0.1) is 30.0 Å². The standard InChI is InChI=1S/C24H25N5O4S/c1-15-17(22(31)28-24(26-15)29-10-12-32-13-11-29)7-9-21(30)25-14-16-6-8-19(33-16)23-27-18-4-2-3-5-20(18)34-23/h2-6,8H,7,9-14H2,1H3,(H,25,30)(H,26,28,31). The highest BCUT2D eigenvalue weighted by atomic mass is 32.1. The van der Waals surface area contributed by atoms with Crippen molar-refractivity contribution in [3.8, 4) is 10.8 Å². The normalized spacial score (nSPS) is 14.0. The fourth-order valence-electron chi connectivity index (χ4n) is 3.89. The van der Waals surface area contributed by atoms with Crippen molar-refractivity contribution in [3.05, 3.63) is 63.8 Å². The number of aromatic nitrogens is 3. The third-order valence-electron chi connectivity index (χ3n) is 5.75. The molecule has 4 heterocycles. The Morgan fingerprint density at radius 1 is 1.18 bits per heavy atom. The topological polar surface area (TPSA) is 113 Å². The molecule has 3 aromatic heterocycles. The van der Waals surface area contributed by atoms with Crippen LogP contribution in [0.1, 0.15) is 23.4 Å². The molecule has 0 saturated carbocycles. The van der Waals surface area contributed by atoms with Crippen LogP contribution in [0.25, 0.3) is 21.0 Å². The van der Waals surface area contributed by atoms with Crippen LogP contribution in [0.3, 0.4) is 0 Å². The molecule has 2 N–H and O–H groups in total. The highest BCUT2D eigenvalue weighted by molar-refractivity contribution is 7.21. The molecule has 0 unspecified atom stereocenters. The lowest BCUT2D eigenvalue weighted by Crippen LogP contribution is -2.38. The number of carbonyl (C=O) groups excluding carboxylic acids is 1. The highest BCUT2D eigenvalue weighted by Crippen LogP contribution is 2.31. The second kappa shape index (κ2) is 9.78. The second-order valence-corrected chi connectivity index (χ2v) is 9.11. The van der Waals surface area contributed by atoms with Gasteiger partial charge in [-0.2, -0.15) is 0 Å². The van der Waals surface area contributed by atoms with Crippen LogP contribution >= 0.6 is 11.3 Å². The SMILES string of the molecule is Cc1nc(N2CCOCC2)[nH]c(=O)c1CCC(=O)NCc1ccc(-c2nc3ccccc3s2)o1. The number of furan rings is 1. The lowest BCUT2D eigenvalue weighted by Gasteiger charge is -2.27. The van der Waals surface area contributed by atoms with E-state index in [9.17, 15) is 9.59 Å². The van der Waals surface area contributed by atoms with Crippen molar-refractivity contribution < 1.29 is 13.9 Å². The maximum Gasteiger partial charge on any atom is 0.255 e. The summed E-state index contributed by atoms with van der Waals surface area (Å²) in [6, 6.07) is 11.6. The van der Waals surface area contributed by atoms with E-state index in [1.54, 1.807) is 18.3 Å². The van der Waals surface area contributed by atoms with Crippen molar-refractivity contribution in [2.45, 2.75) is 26.3 Å². The van der Waals surface area contributed by atoms with Gasteiger partial charge in [0, 0.05) is 30.8 Å². The van der Waals surface area contributed by atoms with E-state index in [0.29, 0.717) is 61.5 Å². The lowest BCUT2D eigenvalue weighted by atomic mass is 10.1. The van der Waals surface area contributed by atoms with Gasteiger partial charge in [0.2, 0.25) is 11.9 Å². The molecule has 176 valence electrons. The Bertz CT molecular complexity index is 1340. The number of benzene rings is 1. The molecule has 0 bridgehead atoms. The molecule has 1 aromatic carbocycles. The van der Waals surface area contributed by atoms with Gasteiger partial charge in [-0.15, -0.1) is 11.3 Å². The van der Waals surface area contributed by atoms with Gasteiger partial charge in [-0.05, 0) is 37.6 Å². The molecule has 1 saturated heterocycles. The van der Waals surface area contributed by atoms with E-state index in [1.165, 1.54) is 0 Å². The number of H-pyrrole nitrogens is 1. The minimum absolute atomic E-state index is 0.158. The van der Waals surface area contributed by atoms with Crippen molar-refractivity contribution >= 4 is 33.4 Å². The molecule has 0 spiro atoms. The molecule has 0 atom stereocenters. The number of fused-ring (bicyclic) bond motifs is 1. The summed E-state index contributed by atoms with van der Waals surface area (Å²) in [6.07, 6.45) is 0.506. The van der Waals surface area contributed by atoms with E-state index in [1.807, 2.05) is 41.3 Å². The highest BCUT2D eigenvalue weighted by Gasteiger charge is 2.17. The van der Waals surface area contributed by atoms with Gasteiger partial charge in [-0.3, -0.25) is 14.6 Å². The summed E-state index contributed by atoms with van der Waals surface area (Å²) in [5, 5.41) is 3.67. The lowest BCUT2D eigenvalue weighted by molar-refractivity contribution is -0.121. The number of amides is 1. The van der Waals surface area contributed by atoms with Gasteiger partial charge in [0.15, 0.2) is 10.8 Å². The van der Waals surface area contributed by atoms with E-state index in [-0.39, 0.29) is 24.4 Å². The summed E-state index contributed by atoms with van der Waals surface area (Å²) >= 11 is 1.57. The molecule has 1 aliphatic heterocycles. The van der Waals surface area contributed by atoms with Crippen molar-refractivity contribution in [1.29, 1.82) is 0 Å². The molecule has 0 radical (unpaired) electrons. The number of morpholine rings is 1. The zero-order chi connectivity index (χ0) is 23.5. The van der Waals surface area contributed by atoms with Crippen molar-refractivity contribution in [2.24, 2.45) is 0 Å². The van der Waals surface area contributed by atoms with E-state index in [2.05, 4.69) is 20.3 Å². The second-order valence-electron chi connectivity index (χ2n) is 8.08. The Labute approximate surface area is 199 Å². The number of nitrogens with zero attached hydrogens (tertiary/aromatic N) is 3. The molecular weight excluding hydrogens is 454 g/mol. The van der Waals surface area contributed by atoms with Crippen molar-refractivity contribution in [2.75, 3.05) is 31.2 Å². The van der Waals surface area contributed by atoms with Gasteiger partial charge in [-0.1, -0.05) is 12.1 Å². The van der Waals surface area contributed by atoms with Crippen LogP contribution in [0.2, 0.25) is 0 Å². The molecule has 0 aliphatic carbocycles. The third kappa shape index (κ3) is 4.87. The Balaban J connectivity index is 1.16. The van der Waals surface area contributed by atoms with Gasteiger partial charge in [-0.25, -0.2) is 9.97 Å². The van der Waals surface area contributed by atoms with E-state index < -0.39 is 0 Å². The summed E-state index contributed by atoms with van der Waals surface area (Å²) in [7, 11) is 0. The third-order valence-corrected chi connectivity index (χ3v) is 6.80. The number of nitrogens with one attached hydrogen (secondary N) is 2. The predicted molar refractivity (Wildman–Crippen MR) is 130 cm³/mol. The van der Waals surface area contributed by atoms with Crippen molar-refractivity contribution in [3.63, 3.8) is 0 Å². The van der Waals surface area contributed by atoms with Crippen LogP contribution in [0, 0.1) is 6.92 Å². The molecular formula is C24H25N5O4S. The van der Waals surface area contributed by atoms with Crippen LogP contribution in [0.4, 0.5) is 5.95 Å². The molecule has 1 aliphatic rings. The van der Waals surface area contributed by atoms with E-state index >= 15 is 0 Å². The van der Waals surface area contributed by atoms with Crippen LogP contribution in [0.15, 0.2) is 45.6 Å². The first-order chi connectivity index (χ1) is 16.6. The van der Waals surface area contributed by atoms with Gasteiger partial charge < -0.3 is 19.4 Å². The summed E-state index contributed by atoms with van der Waals surface area (Å²) in [6.45, 7) is 4.69.